The lowest BCUT2D eigenvalue weighted by Gasteiger charge is -2.00. The van der Waals surface area contributed by atoms with Crippen LogP contribution in [-0.2, 0) is 4.74 Å². The Morgan fingerprint density at radius 1 is 0.833 bits per heavy atom. The van der Waals surface area contributed by atoms with E-state index in [-0.39, 0.29) is 0 Å². The van der Waals surface area contributed by atoms with Crippen LogP contribution in [0.15, 0.2) is 72.7 Å². The Labute approximate surface area is 108 Å². The molecular weight excluding hydrogens is 220 g/mol. The van der Waals surface area contributed by atoms with Crippen LogP contribution in [0.2, 0.25) is 0 Å². The third-order valence-corrected chi connectivity index (χ3v) is 2.48. The largest absolute Gasteiger partial charge is 0.470 e. The van der Waals surface area contributed by atoms with E-state index >= 15 is 0 Å². The smallest absolute Gasteiger partial charge is 0.101 e. The molecule has 2 rings (SSSR count). The molecule has 18 heavy (non-hydrogen) atoms. The molecule has 2 aromatic rings. The number of rotatable bonds is 4. The maximum atomic E-state index is 5.53. The zero-order chi connectivity index (χ0) is 12.6. The zero-order valence-corrected chi connectivity index (χ0v) is 10.4. The molecule has 0 saturated heterocycles. The predicted molar refractivity (Wildman–Crippen MR) is 76.7 cm³/mol. The van der Waals surface area contributed by atoms with Gasteiger partial charge >= 0.3 is 0 Å². The first-order valence-corrected chi connectivity index (χ1v) is 5.96. The Kier molecular flexibility index (Phi) is 4.37. The third kappa shape index (κ3) is 3.95. The Hall–Kier alpha value is -2.28. The fourth-order valence-corrected chi connectivity index (χ4v) is 1.60. The van der Waals surface area contributed by atoms with E-state index in [2.05, 4.69) is 0 Å². The fraction of sp³-hybridized carbons (Fsp3) is 0.0588. The second-order valence-corrected chi connectivity index (χ2v) is 4.00. The lowest BCUT2D eigenvalue weighted by Crippen LogP contribution is -1.79. The molecular formula is C17H16O. The van der Waals surface area contributed by atoms with Gasteiger partial charge in [0.2, 0.25) is 0 Å². The summed E-state index contributed by atoms with van der Waals surface area (Å²) < 4.78 is 5.53. The quantitative estimate of drug-likeness (QED) is 0.697. The Morgan fingerprint density at radius 2 is 1.39 bits per heavy atom. The highest BCUT2D eigenvalue weighted by Gasteiger charge is 1.89. The molecule has 2 aromatic carbocycles. The monoisotopic (exact) mass is 236 g/mol. The van der Waals surface area contributed by atoms with Crippen molar-refractivity contribution in [2.45, 2.75) is 6.92 Å². The first-order chi connectivity index (χ1) is 8.84. The minimum absolute atomic E-state index is 0.869. The Bertz CT molecular complexity index is 524. The number of hydrogen-bond donors (Lipinski definition) is 0. The van der Waals surface area contributed by atoms with E-state index < -0.39 is 0 Å². The predicted octanol–water partition coefficient (Wildman–Crippen LogP) is 4.73. The van der Waals surface area contributed by atoms with Gasteiger partial charge in [0.05, 0.1) is 6.26 Å². The molecule has 0 heterocycles. The molecule has 0 aliphatic rings. The highest BCUT2D eigenvalue weighted by atomic mass is 16.5. The summed E-state index contributed by atoms with van der Waals surface area (Å²) in [5, 5.41) is 0. The lowest BCUT2D eigenvalue weighted by molar-refractivity contribution is 0.361. The average Bonchev–Trinajstić information content (AvgIpc) is 2.41. The fourth-order valence-electron chi connectivity index (χ4n) is 1.60. The van der Waals surface area contributed by atoms with Gasteiger partial charge in [-0.2, -0.15) is 0 Å². The molecule has 0 N–H and O–H groups in total. The summed E-state index contributed by atoms with van der Waals surface area (Å²) in [5.74, 6) is 0.869. The summed E-state index contributed by atoms with van der Waals surface area (Å²) in [4.78, 5) is 0. The molecule has 0 radical (unpaired) electrons. The molecule has 0 fully saturated rings. The van der Waals surface area contributed by atoms with Crippen LogP contribution < -0.4 is 0 Å². The number of allylic oxidation sites excluding steroid dienone is 1. The number of hydrogen-bond acceptors (Lipinski definition) is 1. The Balaban J connectivity index is 1.94. The summed E-state index contributed by atoms with van der Waals surface area (Å²) in [6.45, 7) is 1.95. The van der Waals surface area contributed by atoms with E-state index in [1.54, 1.807) is 6.26 Å². The second kappa shape index (κ2) is 6.45. The molecule has 1 heteroatoms. The highest BCUT2D eigenvalue weighted by Crippen LogP contribution is 2.08. The molecule has 90 valence electrons. The third-order valence-electron chi connectivity index (χ3n) is 2.48. The van der Waals surface area contributed by atoms with Gasteiger partial charge in [-0.05, 0) is 30.2 Å². The van der Waals surface area contributed by atoms with Crippen LogP contribution >= 0.6 is 0 Å². The molecule has 0 atom stereocenters. The van der Waals surface area contributed by atoms with Crippen molar-refractivity contribution < 1.29 is 4.74 Å². The van der Waals surface area contributed by atoms with E-state index in [0.717, 1.165) is 16.9 Å². The van der Waals surface area contributed by atoms with E-state index in [1.807, 2.05) is 79.7 Å². The first-order valence-electron chi connectivity index (χ1n) is 5.96. The van der Waals surface area contributed by atoms with Crippen molar-refractivity contribution in [1.29, 1.82) is 0 Å². The SMILES string of the molecule is CC(=Cc1ccccc1)OC=Cc1ccccc1. The van der Waals surface area contributed by atoms with Gasteiger partial charge in [0.1, 0.15) is 5.76 Å². The van der Waals surface area contributed by atoms with Gasteiger partial charge in [-0.25, -0.2) is 0 Å². The topological polar surface area (TPSA) is 9.23 Å². The average molecular weight is 236 g/mol. The normalized spacial score (nSPS) is 11.7. The van der Waals surface area contributed by atoms with Gasteiger partial charge in [0.25, 0.3) is 0 Å². The molecule has 0 spiro atoms. The van der Waals surface area contributed by atoms with Crippen molar-refractivity contribution in [3.05, 3.63) is 83.8 Å². The standard InChI is InChI=1S/C17H16O/c1-15(14-17-10-6-3-7-11-17)18-13-12-16-8-4-2-5-9-16/h2-14H,1H3. The summed E-state index contributed by atoms with van der Waals surface area (Å²) in [6, 6.07) is 20.2. The van der Waals surface area contributed by atoms with Crippen molar-refractivity contribution in [1.82, 2.24) is 0 Å². The molecule has 0 bridgehead atoms. The van der Waals surface area contributed by atoms with Crippen molar-refractivity contribution >= 4 is 12.2 Å². The Morgan fingerprint density at radius 3 is 2.00 bits per heavy atom. The van der Waals surface area contributed by atoms with Crippen molar-refractivity contribution in [2.75, 3.05) is 0 Å². The van der Waals surface area contributed by atoms with Gasteiger partial charge in [-0.3, -0.25) is 0 Å². The van der Waals surface area contributed by atoms with Crippen LogP contribution in [0.3, 0.4) is 0 Å². The molecule has 0 amide bonds. The summed E-state index contributed by atoms with van der Waals surface area (Å²) in [6.07, 6.45) is 5.67. The minimum atomic E-state index is 0.869. The molecule has 0 saturated carbocycles. The van der Waals surface area contributed by atoms with Crippen LogP contribution in [0.1, 0.15) is 18.1 Å². The lowest BCUT2D eigenvalue weighted by atomic mass is 10.2. The number of benzene rings is 2. The van der Waals surface area contributed by atoms with E-state index in [4.69, 9.17) is 4.74 Å². The van der Waals surface area contributed by atoms with Gasteiger partial charge < -0.3 is 4.74 Å². The maximum Gasteiger partial charge on any atom is 0.101 e. The van der Waals surface area contributed by atoms with Gasteiger partial charge in [-0.1, -0.05) is 60.7 Å². The van der Waals surface area contributed by atoms with Crippen molar-refractivity contribution in [2.24, 2.45) is 0 Å². The highest BCUT2D eigenvalue weighted by molar-refractivity contribution is 5.51. The molecule has 0 aromatic heterocycles. The van der Waals surface area contributed by atoms with E-state index in [9.17, 15) is 0 Å². The van der Waals surface area contributed by atoms with Gasteiger partial charge in [-0.15, -0.1) is 0 Å². The van der Waals surface area contributed by atoms with Crippen LogP contribution in [-0.4, -0.2) is 0 Å². The molecule has 0 aliphatic carbocycles. The van der Waals surface area contributed by atoms with E-state index in [0.29, 0.717) is 0 Å². The molecule has 1 nitrogen and oxygen atoms in total. The summed E-state index contributed by atoms with van der Waals surface area (Å²) >= 11 is 0. The molecule has 0 unspecified atom stereocenters. The van der Waals surface area contributed by atoms with Crippen LogP contribution in [0.25, 0.3) is 12.2 Å². The van der Waals surface area contributed by atoms with Crippen LogP contribution in [0.5, 0.6) is 0 Å². The van der Waals surface area contributed by atoms with Crippen LogP contribution in [0, 0.1) is 0 Å². The summed E-state index contributed by atoms with van der Waals surface area (Å²) in [5.41, 5.74) is 2.27. The van der Waals surface area contributed by atoms with Gasteiger partial charge in [0.15, 0.2) is 0 Å². The van der Waals surface area contributed by atoms with Crippen LogP contribution in [0.4, 0.5) is 0 Å². The van der Waals surface area contributed by atoms with Crippen molar-refractivity contribution in [3.8, 4) is 0 Å². The minimum Gasteiger partial charge on any atom is -0.470 e. The van der Waals surface area contributed by atoms with Gasteiger partial charge in [0, 0.05) is 0 Å². The van der Waals surface area contributed by atoms with Crippen molar-refractivity contribution in [3.63, 3.8) is 0 Å². The zero-order valence-electron chi connectivity index (χ0n) is 10.4. The number of ether oxygens (including phenoxy) is 1. The molecule has 0 aliphatic heterocycles. The maximum absolute atomic E-state index is 5.53. The second-order valence-electron chi connectivity index (χ2n) is 4.00. The summed E-state index contributed by atoms with van der Waals surface area (Å²) in [7, 11) is 0. The van der Waals surface area contributed by atoms with E-state index in [1.165, 1.54) is 0 Å². The first kappa shape index (κ1) is 12.2.